The molecule has 2 aliphatic rings. The van der Waals surface area contributed by atoms with Gasteiger partial charge in [0.15, 0.2) is 0 Å². The van der Waals surface area contributed by atoms with Crippen molar-refractivity contribution in [3.05, 3.63) is 35.9 Å². The summed E-state index contributed by atoms with van der Waals surface area (Å²) in [6.45, 7) is 3.57. The molecule has 2 aliphatic heterocycles. The summed E-state index contributed by atoms with van der Waals surface area (Å²) in [4.78, 5) is 0. The van der Waals surface area contributed by atoms with Crippen LogP contribution in [0.25, 0.3) is 0 Å². The van der Waals surface area contributed by atoms with E-state index in [9.17, 15) is 13.2 Å². The van der Waals surface area contributed by atoms with E-state index in [2.05, 4.69) is 5.32 Å². The summed E-state index contributed by atoms with van der Waals surface area (Å²) < 4.78 is 49.7. The summed E-state index contributed by atoms with van der Waals surface area (Å²) in [6, 6.07) is 8.47. The lowest BCUT2D eigenvalue weighted by molar-refractivity contribution is -0.273. The largest absolute Gasteiger partial charge is 0.446 e. The first-order valence-electron chi connectivity index (χ1n) is 6.46. The zero-order chi connectivity index (χ0) is 14.6. The van der Waals surface area contributed by atoms with E-state index in [-0.39, 0.29) is 6.61 Å². The Morgan fingerprint density at radius 1 is 1.20 bits per heavy atom. The molecule has 2 heterocycles. The lowest BCUT2D eigenvalue weighted by Gasteiger charge is -2.29. The highest BCUT2D eigenvalue weighted by molar-refractivity contribution is 5.26. The predicted molar refractivity (Wildman–Crippen MR) is 66.0 cm³/mol. The normalized spacial score (nSPS) is 36.0. The fourth-order valence-electron chi connectivity index (χ4n) is 2.61. The third-order valence-electron chi connectivity index (χ3n) is 3.67. The number of halogens is 3. The minimum atomic E-state index is -4.53. The van der Waals surface area contributed by atoms with Crippen molar-refractivity contribution in [3.63, 3.8) is 0 Å². The van der Waals surface area contributed by atoms with E-state index in [0.717, 1.165) is 5.56 Å². The van der Waals surface area contributed by atoms with Crippen LogP contribution in [0, 0.1) is 0 Å². The average Bonchev–Trinajstić information content (AvgIpc) is 3.10. The van der Waals surface area contributed by atoms with Gasteiger partial charge in [-0.25, -0.2) is 0 Å². The quantitative estimate of drug-likeness (QED) is 0.806. The molecular weight excluding hydrogens is 271 g/mol. The number of ether oxygens (including phenoxy) is 2. The van der Waals surface area contributed by atoms with Crippen molar-refractivity contribution in [2.24, 2.45) is 0 Å². The van der Waals surface area contributed by atoms with E-state index in [1.165, 1.54) is 0 Å². The molecule has 0 bridgehead atoms. The van der Waals surface area contributed by atoms with Gasteiger partial charge >= 0.3 is 6.18 Å². The summed E-state index contributed by atoms with van der Waals surface area (Å²) >= 11 is 0. The van der Waals surface area contributed by atoms with Crippen LogP contribution in [0.2, 0.25) is 0 Å². The highest BCUT2D eigenvalue weighted by Gasteiger charge is 2.78. The van der Waals surface area contributed by atoms with Gasteiger partial charge in [0.25, 0.3) is 5.79 Å². The Balaban J connectivity index is 1.97. The number of rotatable bonds is 1. The molecular formula is C14H16F3NO2. The number of hydrogen-bond donors (Lipinski definition) is 1. The molecule has 3 rings (SSSR count). The van der Waals surface area contributed by atoms with E-state index < -0.39 is 29.6 Å². The maximum absolute atomic E-state index is 13.2. The van der Waals surface area contributed by atoms with Gasteiger partial charge in [0.05, 0.1) is 12.6 Å². The first-order valence-corrected chi connectivity index (χ1v) is 6.46. The third-order valence-corrected chi connectivity index (χ3v) is 3.67. The van der Waals surface area contributed by atoms with Gasteiger partial charge in [-0.3, -0.25) is 0 Å². The Bertz CT molecular complexity index is 503. The lowest BCUT2D eigenvalue weighted by atomic mass is 9.97. The number of hydrogen-bond acceptors (Lipinski definition) is 3. The summed E-state index contributed by atoms with van der Waals surface area (Å²) in [7, 11) is 0. The van der Waals surface area contributed by atoms with Gasteiger partial charge in [-0.2, -0.15) is 13.2 Å². The van der Waals surface area contributed by atoms with Crippen LogP contribution >= 0.6 is 0 Å². The van der Waals surface area contributed by atoms with Gasteiger partial charge in [-0.15, -0.1) is 0 Å². The second-order valence-corrected chi connectivity index (χ2v) is 5.91. The van der Waals surface area contributed by atoms with Crippen LogP contribution in [0.4, 0.5) is 13.2 Å². The molecule has 3 nitrogen and oxygen atoms in total. The van der Waals surface area contributed by atoms with E-state index in [0.29, 0.717) is 0 Å². The van der Waals surface area contributed by atoms with Crippen LogP contribution in [-0.4, -0.2) is 30.2 Å². The molecule has 110 valence electrons. The molecule has 1 N–H and O–H groups in total. The van der Waals surface area contributed by atoms with Gasteiger partial charge in [0.1, 0.15) is 6.10 Å². The van der Waals surface area contributed by atoms with Crippen molar-refractivity contribution in [2.75, 3.05) is 6.61 Å². The SMILES string of the molecule is CC1(C)CO[C@@]2(C(F)(F)F)O[C@H]2[C@@H](c2ccccc2)N1. The molecule has 0 amide bonds. The van der Waals surface area contributed by atoms with Crippen molar-refractivity contribution in [1.82, 2.24) is 5.32 Å². The fourth-order valence-corrected chi connectivity index (χ4v) is 2.61. The minimum absolute atomic E-state index is 0.0632. The van der Waals surface area contributed by atoms with Crippen LogP contribution in [0.15, 0.2) is 30.3 Å². The number of epoxide rings is 1. The van der Waals surface area contributed by atoms with Gasteiger partial charge < -0.3 is 14.8 Å². The summed E-state index contributed by atoms with van der Waals surface area (Å²) in [5.41, 5.74) is 0.206. The summed E-state index contributed by atoms with van der Waals surface area (Å²) in [6.07, 6.45) is -5.58. The molecule has 1 aromatic rings. The molecule has 0 aliphatic carbocycles. The molecule has 0 unspecified atom stereocenters. The van der Waals surface area contributed by atoms with E-state index in [1.807, 2.05) is 19.9 Å². The van der Waals surface area contributed by atoms with Crippen molar-refractivity contribution < 1.29 is 22.6 Å². The number of nitrogens with one attached hydrogen (secondary N) is 1. The second kappa shape index (κ2) is 4.19. The Morgan fingerprint density at radius 2 is 1.85 bits per heavy atom. The second-order valence-electron chi connectivity index (χ2n) is 5.91. The molecule has 1 aromatic carbocycles. The average molecular weight is 287 g/mol. The van der Waals surface area contributed by atoms with E-state index >= 15 is 0 Å². The zero-order valence-electron chi connectivity index (χ0n) is 11.2. The number of fused-ring (bicyclic) bond motifs is 1. The van der Waals surface area contributed by atoms with E-state index in [1.54, 1.807) is 24.3 Å². The van der Waals surface area contributed by atoms with Crippen LogP contribution in [0.1, 0.15) is 25.5 Å². The molecule has 2 fully saturated rings. The van der Waals surface area contributed by atoms with Gasteiger partial charge in [0, 0.05) is 5.54 Å². The molecule has 0 saturated carbocycles. The molecule has 0 spiro atoms. The van der Waals surface area contributed by atoms with Crippen molar-refractivity contribution >= 4 is 0 Å². The lowest BCUT2D eigenvalue weighted by Crippen LogP contribution is -2.45. The van der Waals surface area contributed by atoms with Crippen molar-refractivity contribution in [2.45, 2.75) is 43.5 Å². The maximum atomic E-state index is 13.2. The highest BCUT2D eigenvalue weighted by Crippen LogP contribution is 2.56. The van der Waals surface area contributed by atoms with Crippen LogP contribution in [0.3, 0.4) is 0 Å². The van der Waals surface area contributed by atoms with Crippen LogP contribution in [0.5, 0.6) is 0 Å². The van der Waals surface area contributed by atoms with E-state index in [4.69, 9.17) is 9.47 Å². The van der Waals surface area contributed by atoms with Gasteiger partial charge in [0.2, 0.25) is 0 Å². The first kappa shape index (κ1) is 13.9. The Hall–Kier alpha value is -1.11. The maximum Gasteiger partial charge on any atom is 0.446 e. The summed E-state index contributed by atoms with van der Waals surface area (Å²) in [5, 5.41) is 3.21. The Morgan fingerprint density at radius 3 is 2.45 bits per heavy atom. The predicted octanol–water partition coefficient (Wildman–Crippen LogP) is 2.78. The molecule has 2 saturated heterocycles. The van der Waals surface area contributed by atoms with Crippen molar-refractivity contribution in [3.8, 4) is 0 Å². The Kier molecular flexibility index (Phi) is 2.90. The van der Waals surface area contributed by atoms with Crippen LogP contribution in [-0.2, 0) is 9.47 Å². The molecule has 3 atom stereocenters. The number of benzene rings is 1. The molecule has 0 aromatic heterocycles. The number of alkyl halides is 3. The fraction of sp³-hybridized carbons (Fsp3) is 0.571. The van der Waals surface area contributed by atoms with Crippen molar-refractivity contribution in [1.29, 1.82) is 0 Å². The zero-order valence-corrected chi connectivity index (χ0v) is 11.2. The first-order chi connectivity index (χ1) is 9.25. The topological polar surface area (TPSA) is 33.8 Å². The molecule has 20 heavy (non-hydrogen) atoms. The molecule has 6 heteroatoms. The highest BCUT2D eigenvalue weighted by atomic mass is 19.4. The third kappa shape index (κ3) is 2.12. The minimum Gasteiger partial charge on any atom is -0.339 e. The Labute approximate surface area is 115 Å². The summed E-state index contributed by atoms with van der Waals surface area (Å²) in [5.74, 6) is -2.46. The van der Waals surface area contributed by atoms with Gasteiger partial charge in [-0.05, 0) is 19.4 Å². The standard InChI is InChI=1S/C14H16F3NO2/c1-12(2)8-19-13(14(15,16)17)11(20-13)10(18-12)9-6-4-3-5-7-9/h3-7,10-11,18H,8H2,1-2H3/t10-,11+,13-/m1/s1. The van der Waals surface area contributed by atoms with Gasteiger partial charge in [-0.1, -0.05) is 30.3 Å². The monoisotopic (exact) mass is 287 g/mol. The smallest absolute Gasteiger partial charge is 0.339 e. The van der Waals surface area contributed by atoms with Crippen LogP contribution < -0.4 is 5.32 Å². The molecule has 0 radical (unpaired) electrons.